The van der Waals surface area contributed by atoms with Crippen molar-refractivity contribution in [2.24, 2.45) is 0 Å². The van der Waals surface area contributed by atoms with Gasteiger partial charge >= 0.3 is 5.97 Å². The lowest BCUT2D eigenvalue weighted by Crippen LogP contribution is -2.30. The van der Waals surface area contributed by atoms with Gasteiger partial charge in [0, 0.05) is 31.6 Å². The standard InChI is InChI=1S/C43H34BrN3O5S2/c1-27-19-21-29(22-20-27)35-26-53-42(37(35)43(51)52-2)47-41(50)38(30-12-5-3-6-13-30)54-34-18-10-17-33(25-34)45-40(49)36(24-28-11-9-16-32(44)23-28)46-39(48)31-14-7-4-8-15-31/h3-26,38H,1-2H3,(H,45,49)(H,46,48)(H,47,50)/b36-24+. The Morgan fingerprint density at radius 1 is 0.796 bits per heavy atom. The average molecular weight is 817 g/mol. The van der Waals surface area contributed by atoms with Crippen molar-refractivity contribution in [3.8, 4) is 11.1 Å². The maximum absolute atomic E-state index is 14.1. The van der Waals surface area contributed by atoms with Gasteiger partial charge in [-0.15, -0.1) is 23.1 Å². The van der Waals surface area contributed by atoms with Crippen LogP contribution in [0.5, 0.6) is 0 Å². The molecule has 0 bridgehead atoms. The van der Waals surface area contributed by atoms with Crippen molar-refractivity contribution in [3.05, 3.63) is 177 Å². The van der Waals surface area contributed by atoms with Crippen LogP contribution in [-0.4, -0.2) is 30.8 Å². The molecule has 0 aliphatic heterocycles. The monoisotopic (exact) mass is 815 g/mol. The number of anilines is 2. The highest BCUT2D eigenvalue weighted by Gasteiger charge is 2.27. The summed E-state index contributed by atoms with van der Waals surface area (Å²) in [7, 11) is 1.32. The molecule has 54 heavy (non-hydrogen) atoms. The molecule has 0 aliphatic rings. The number of amides is 3. The van der Waals surface area contributed by atoms with E-state index in [1.807, 2.05) is 103 Å². The molecule has 3 amide bonds. The Labute approximate surface area is 329 Å². The maximum Gasteiger partial charge on any atom is 0.341 e. The predicted octanol–water partition coefficient (Wildman–Crippen LogP) is 10.2. The first kappa shape index (κ1) is 38.0. The Morgan fingerprint density at radius 3 is 2.20 bits per heavy atom. The number of ether oxygens (including phenoxy) is 1. The summed E-state index contributed by atoms with van der Waals surface area (Å²) in [6.07, 6.45) is 1.60. The van der Waals surface area contributed by atoms with Gasteiger partial charge in [0.25, 0.3) is 11.8 Å². The van der Waals surface area contributed by atoms with E-state index in [0.717, 1.165) is 21.2 Å². The van der Waals surface area contributed by atoms with Gasteiger partial charge in [-0.3, -0.25) is 14.4 Å². The van der Waals surface area contributed by atoms with E-state index < -0.39 is 23.0 Å². The molecule has 11 heteroatoms. The summed E-state index contributed by atoms with van der Waals surface area (Å²) in [6.45, 7) is 1.99. The summed E-state index contributed by atoms with van der Waals surface area (Å²) >= 11 is 6.01. The van der Waals surface area contributed by atoms with Gasteiger partial charge in [-0.05, 0) is 72.2 Å². The molecular formula is C43H34BrN3O5S2. The van der Waals surface area contributed by atoms with Crippen LogP contribution in [0.3, 0.4) is 0 Å². The third kappa shape index (κ3) is 9.61. The second kappa shape index (κ2) is 17.8. The molecule has 0 saturated carbocycles. The van der Waals surface area contributed by atoms with E-state index in [2.05, 4.69) is 31.9 Å². The van der Waals surface area contributed by atoms with Gasteiger partial charge < -0.3 is 20.7 Å². The van der Waals surface area contributed by atoms with Crippen LogP contribution in [0.2, 0.25) is 0 Å². The summed E-state index contributed by atoms with van der Waals surface area (Å²) in [5.41, 5.74) is 5.23. The van der Waals surface area contributed by atoms with E-state index in [4.69, 9.17) is 4.74 Å². The van der Waals surface area contributed by atoms with Crippen LogP contribution in [-0.2, 0) is 14.3 Å². The number of aryl methyl sites for hydroxylation is 1. The fraction of sp³-hybridized carbons (Fsp3) is 0.0698. The minimum absolute atomic E-state index is 0.0453. The fourth-order valence-corrected chi connectivity index (χ4v) is 7.93. The second-order valence-corrected chi connectivity index (χ2v) is 15.0. The highest BCUT2D eigenvalue weighted by Crippen LogP contribution is 2.40. The lowest BCUT2D eigenvalue weighted by atomic mass is 10.0. The number of carbonyl (C=O) groups is 4. The van der Waals surface area contributed by atoms with Crippen molar-refractivity contribution in [2.45, 2.75) is 17.1 Å². The zero-order valence-corrected chi connectivity index (χ0v) is 32.4. The van der Waals surface area contributed by atoms with E-state index in [0.29, 0.717) is 32.3 Å². The SMILES string of the molecule is COC(=O)c1c(-c2ccc(C)cc2)csc1NC(=O)C(Sc1cccc(NC(=O)/C(=C\c2cccc(Br)c2)NC(=O)c2ccccc2)c1)c1ccccc1. The predicted molar refractivity (Wildman–Crippen MR) is 221 cm³/mol. The normalized spacial score (nSPS) is 11.6. The van der Waals surface area contributed by atoms with E-state index >= 15 is 0 Å². The lowest BCUT2D eigenvalue weighted by Gasteiger charge is -2.18. The number of thioether (sulfide) groups is 1. The Kier molecular flexibility index (Phi) is 12.6. The summed E-state index contributed by atoms with van der Waals surface area (Å²) < 4.78 is 5.95. The van der Waals surface area contributed by atoms with Gasteiger partial charge in [-0.25, -0.2) is 4.79 Å². The summed E-state index contributed by atoms with van der Waals surface area (Å²) in [6, 6.07) is 40.2. The van der Waals surface area contributed by atoms with E-state index in [-0.39, 0.29) is 17.2 Å². The number of carbonyl (C=O) groups excluding carboxylic acids is 4. The highest BCUT2D eigenvalue weighted by molar-refractivity contribution is 9.10. The van der Waals surface area contributed by atoms with Crippen LogP contribution in [0, 0.1) is 6.92 Å². The van der Waals surface area contributed by atoms with Crippen LogP contribution in [0.4, 0.5) is 10.7 Å². The molecule has 0 saturated heterocycles. The van der Waals surface area contributed by atoms with E-state index in [1.165, 1.54) is 30.2 Å². The summed E-state index contributed by atoms with van der Waals surface area (Å²) in [5, 5.41) is 10.2. The number of halogens is 1. The second-order valence-electron chi connectivity index (χ2n) is 12.0. The number of rotatable bonds is 12. The molecule has 6 aromatic rings. The van der Waals surface area contributed by atoms with Crippen molar-refractivity contribution >= 4 is 79.5 Å². The lowest BCUT2D eigenvalue weighted by molar-refractivity contribution is -0.116. The maximum atomic E-state index is 14.1. The number of methoxy groups -OCH3 is 1. The molecule has 1 heterocycles. The topological polar surface area (TPSA) is 114 Å². The summed E-state index contributed by atoms with van der Waals surface area (Å²) in [4.78, 5) is 54.8. The first-order chi connectivity index (χ1) is 26.2. The number of hydrogen-bond acceptors (Lipinski definition) is 7. The van der Waals surface area contributed by atoms with E-state index in [1.54, 1.807) is 48.5 Å². The Hall–Kier alpha value is -5.75. The molecule has 6 rings (SSSR count). The first-order valence-electron chi connectivity index (χ1n) is 16.7. The number of nitrogens with one attached hydrogen (secondary N) is 3. The van der Waals surface area contributed by atoms with Gasteiger partial charge in [0.15, 0.2) is 0 Å². The third-order valence-corrected chi connectivity index (χ3v) is 10.8. The van der Waals surface area contributed by atoms with Gasteiger partial charge in [-0.1, -0.05) is 112 Å². The Bertz CT molecular complexity index is 2330. The number of benzene rings is 5. The van der Waals surface area contributed by atoms with Crippen LogP contribution in [0.15, 0.2) is 154 Å². The van der Waals surface area contributed by atoms with Crippen LogP contribution in [0.25, 0.3) is 17.2 Å². The first-order valence-corrected chi connectivity index (χ1v) is 19.3. The van der Waals surface area contributed by atoms with Crippen molar-refractivity contribution in [2.75, 3.05) is 17.7 Å². The molecule has 3 N–H and O–H groups in total. The van der Waals surface area contributed by atoms with E-state index in [9.17, 15) is 19.2 Å². The number of esters is 1. The zero-order chi connectivity index (χ0) is 38.0. The van der Waals surface area contributed by atoms with Crippen molar-refractivity contribution in [3.63, 3.8) is 0 Å². The average Bonchev–Trinajstić information content (AvgIpc) is 3.60. The highest BCUT2D eigenvalue weighted by atomic mass is 79.9. The van der Waals surface area contributed by atoms with Gasteiger partial charge in [0.05, 0.1) is 7.11 Å². The molecule has 0 aliphatic carbocycles. The van der Waals surface area contributed by atoms with Crippen LogP contribution < -0.4 is 16.0 Å². The molecule has 0 spiro atoms. The van der Waals surface area contributed by atoms with Crippen molar-refractivity contribution in [1.82, 2.24) is 5.32 Å². The number of thiophene rings is 1. The fourth-order valence-electron chi connectivity index (χ4n) is 5.47. The Balaban J connectivity index is 1.25. The minimum atomic E-state index is -0.732. The van der Waals surface area contributed by atoms with Crippen LogP contribution in [0.1, 0.15) is 42.7 Å². The minimum Gasteiger partial charge on any atom is -0.465 e. The molecule has 1 unspecified atom stereocenters. The smallest absolute Gasteiger partial charge is 0.341 e. The van der Waals surface area contributed by atoms with Gasteiger partial charge in [0.1, 0.15) is 21.5 Å². The molecule has 1 atom stereocenters. The molecule has 270 valence electrons. The quantitative estimate of drug-likeness (QED) is 0.0644. The molecule has 8 nitrogen and oxygen atoms in total. The number of hydrogen-bond donors (Lipinski definition) is 3. The molecule has 5 aromatic carbocycles. The molecule has 0 radical (unpaired) electrons. The zero-order valence-electron chi connectivity index (χ0n) is 29.2. The molecular weight excluding hydrogens is 783 g/mol. The van der Waals surface area contributed by atoms with Gasteiger partial charge in [0.2, 0.25) is 5.91 Å². The van der Waals surface area contributed by atoms with Crippen LogP contribution >= 0.6 is 39.0 Å². The van der Waals surface area contributed by atoms with Gasteiger partial charge in [-0.2, -0.15) is 0 Å². The van der Waals surface area contributed by atoms with Crippen molar-refractivity contribution < 1.29 is 23.9 Å². The third-order valence-electron chi connectivity index (χ3n) is 8.15. The molecule has 0 fully saturated rings. The molecule has 1 aromatic heterocycles. The Morgan fingerprint density at radius 2 is 1.50 bits per heavy atom. The largest absolute Gasteiger partial charge is 0.465 e. The summed E-state index contributed by atoms with van der Waals surface area (Å²) in [5.74, 6) is -1.86. The van der Waals surface area contributed by atoms with Crippen molar-refractivity contribution in [1.29, 1.82) is 0 Å².